The fraction of sp³-hybridized carbons (Fsp3) is 0.458. The van der Waals surface area contributed by atoms with Gasteiger partial charge in [-0.25, -0.2) is 8.51 Å². The number of carbonyl (C=O) groups is 1. The van der Waals surface area contributed by atoms with Crippen LogP contribution in [-0.4, -0.2) is 60.2 Å². The maximum absolute atomic E-state index is 13.0. The van der Waals surface area contributed by atoms with Crippen molar-refractivity contribution in [1.82, 2.24) is 9.21 Å². The van der Waals surface area contributed by atoms with Crippen LogP contribution in [0.3, 0.4) is 0 Å². The molecule has 7 heteroatoms. The van der Waals surface area contributed by atoms with Crippen molar-refractivity contribution in [2.24, 2.45) is 0 Å². The third kappa shape index (κ3) is 5.93. The molecule has 0 aliphatic carbocycles. The fourth-order valence-corrected chi connectivity index (χ4v) is 5.18. The van der Waals surface area contributed by atoms with E-state index in [-0.39, 0.29) is 12.3 Å². The fourth-order valence-electron chi connectivity index (χ4n) is 3.94. The highest BCUT2D eigenvalue weighted by Gasteiger charge is 2.18. The molecule has 0 aromatic heterocycles. The number of nitrogens with one attached hydrogen (secondary N) is 1. The Kier molecular flexibility index (Phi) is 7.86. The first-order valence-electron chi connectivity index (χ1n) is 10.7. The highest BCUT2D eigenvalue weighted by atomic mass is 32.2. The number of carbonyl (C=O) groups excluding carboxylic acids is 1. The van der Waals surface area contributed by atoms with Crippen molar-refractivity contribution in [2.75, 3.05) is 46.2 Å². The summed E-state index contributed by atoms with van der Waals surface area (Å²) in [7, 11) is 4.21. The van der Waals surface area contributed by atoms with Crippen LogP contribution in [0, 0.1) is 13.8 Å². The molecule has 1 N–H and O–H groups in total. The lowest BCUT2D eigenvalue weighted by molar-refractivity contribution is -0.116. The molecule has 0 bridgehead atoms. The highest BCUT2D eigenvalue weighted by Crippen LogP contribution is 2.26. The number of fused-ring (bicyclic) bond motifs is 1. The van der Waals surface area contributed by atoms with Gasteiger partial charge in [0.15, 0.2) is 0 Å². The second-order valence-electron chi connectivity index (χ2n) is 8.28. The molecule has 1 atom stereocenters. The average molecular weight is 444 g/mol. The molecule has 1 aliphatic rings. The zero-order valence-corrected chi connectivity index (χ0v) is 20.0. The maximum Gasteiger partial charge on any atom is 0.225 e. The summed E-state index contributed by atoms with van der Waals surface area (Å²) in [6.07, 6.45) is 2.31. The van der Waals surface area contributed by atoms with Gasteiger partial charge in [0, 0.05) is 38.8 Å². The van der Waals surface area contributed by atoms with Gasteiger partial charge in [0.2, 0.25) is 5.91 Å². The van der Waals surface area contributed by atoms with Crippen molar-refractivity contribution in [3.8, 4) is 5.75 Å². The first kappa shape index (κ1) is 23.4. The Morgan fingerprint density at radius 1 is 1.13 bits per heavy atom. The maximum atomic E-state index is 13.0. The molecule has 2 aromatic carbocycles. The molecule has 31 heavy (non-hydrogen) atoms. The Morgan fingerprint density at radius 2 is 1.77 bits per heavy atom. The lowest BCUT2D eigenvalue weighted by atomic mass is 10.0. The summed E-state index contributed by atoms with van der Waals surface area (Å²) in [5.74, 6) is 0.683. The number of likely N-dealkylation sites (N-methyl/N-ethyl adjacent to an activating group) is 1. The number of hydrogen-bond donors (Lipinski definition) is 1. The number of anilines is 1. The van der Waals surface area contributed by atoms with Gasteiger partial charge in [0.05, 0.1) is 12.0 Å². The predicted octanol–water partition coefficient (Wildman–Crippen LogP) is 3.33. The number of amides is 1. The predicted molar refractivity (Wildman–Crippen MR) is 126 cm³/mol. The number of nitrogens with zero attached hydrogens (tertiary/aromatic N) is 2. The largest absolute Gasteiger partial charge is 0.497 e. The van der Waals surface area contributed by atoms with Crippen LogP contribution in [0.1, 0.15) is 28.7 Å². The monoisotopic (exact) mass is 443 g/mol. The van der Waals surface area contributed by atoms with E-state index >= 15 is 0 Å². The van der Waals surface area contributed by atoms with Gasteiger partial charge in [0.1, 0.15) is 16.7 Å². The molecule has 1 amide bonds. The quantitative estimate of drug-likeness (QED) is 0.713. The van der Waals surface area contributed by atoms with Crippen LogP contribution in [0.4, 0.5) is 5.69 Å². The van der Waals surface area contributed by atoms with Gasteiger partial charge in [-0.05, 0) is 80.3 Å². The van der Waals surface area contributed by atoms with Gasteiger partial charge in [-0.1, -0.05) is 6.07 Å². The van der Waals surface area contributed by atoms with E-state index < -0.39 is 11.0 Å². The number of methoxy groups -OCH3 is 1. The molecule has 0 radical (unpaired) electrons. The minimum absolute atomic E-state index is 0.0716. The summed E-state index contributed by atoms with van der Waals surface area (Å²) in [4.78, 5) is 15.6. The minimum atomic E-state index is -1.34. The Bertz CT molecular complexity index is 954. The molecule has 1 aliphatic heterocycles. The van der Waals surface area contributed by atoms with Crippen molar-refractivity contribution in [3.63, 3.8) is 0 Å². The molecule has 0 spiro atoms. The Labute approximate surface area is 188 Å². The van der Waals surface area contributed by atoms with Gasteiger partial charge in [0.25, 0.3) is 0 Å². The van der Waals surface area contributed by atoms with E-state index in [1.54, 1.807) is 18.5 Å². The van der Waals surface area contributed by atoms with Crippen molar-refractivity contribution >= 4 is 22.6 Å². The van der Waals surface area contributed by atoms with E-state index in [0.29, 0.717) is 6.54 Å². The smallest absolute Gasteiger partial charge is 0.225 e. The average Bonchev–Trinajstić information content (AvgIpc) is 2.92. The molecule has 0 saturated heterocycles. The number of rotatable bonds is 7. The van der Waals surface area contributed by atoms with E-state index in [1.807, 2.05) is 32.0 Å². The standard InChI is InChI=1S/C24H33N3O3S/c1-17-14-22(30-5)15-18(2)24(17)31(29)27(4)13-10-23(28)25-21-7-6-19-8-11-26(3)12-9-20(19)16-21/h6-7,14-16H,8-13H2,1-5H3,(H,25,28). The van der Waals surface area contributed by atoms with Crippen molar-refractivity contribution in [1.29, 1.82) is 0 Å². The van der Waals surface area contributed by atoms with Crippen LogP contribution in [0.25, 0.3) is 0 Å². The van der Waals surface area contributed by atoms with Gasteiger partial charge in [-0.3, -0.25) is 4.79 Å². The summed E-state index contributed by atoms with van der Waals surface area (Å²) in [6.45, 7) is 6.36. The Balaban J connectivity index is 1.58. The molecule has 0 saturated carbocycles. The van der Waals surface area contributed by atoms with Gasteiger partial charge >= 0.3 is 0 Å². The van der Waals surface area contributed by atoms with Crippen molar-refractivity contribution in [3.05, 3.63) is 52.6 Å². The van der Waals surface area contributed by atoms with E-state index in [0.717, 1.165) is 53.4 Å². The minimum Gasteiger partial charge on any atom is -0.497 e. The van der Waals surface area contributed by atoms with Crippen LogP contribution < -0.4 is 10.1 Å². The number of benzene rings is 2. The topological polar surface area (TPSA) is 61.9 Å². The molecule has 1 heterocycles. The van der Waals surface area contributed by atoms with Crippen LogP contribution in [0.2, 0.25) is 0 Å². The van der Waals surface area contributed by atoms with E-state index in [4.69, 9.17) is 4.74 Å². The summed E-state index contributed by atoms with van der Waals surface area (Å²) >= 11 is 0. The second kappa shape index (κ2) is 10.4. The lowest BCUT2D eigenvalue weighted by Gasteiger charge is -2.19. The molecular formula is C24H33N3O3S. The number of hydrogen-bond acceptors (Lipinski definition) is 4. The zero-order valence-electron chi connectivity index (χ0n) is 19.2. The summed E-state index contributed by atoms with van der Waals surface area (Å²) in [6, 6.07) is 9.97. The molecule has 168 valence electrons. The first-order valence-corrected chi connectivity index (χ1v) is 11.8. The molecule has 3 rings (SSSR count). The van der Waals surface area contributed by atoms with Crippen LogP contribution >= 0.6 is 0 Å². The van der Waals surface area contributed by atoms with Gasteiger partial charge in [-0.15, -0.1) is 0 Å². The molecule has 6 nitrogen and oxygen atoms in total. The zero-order chi connectivity index (χ0) is 22.5. The number of ether oxygens (including phenoxy) is 1. The normalized spacial score (nSPS) is 15.3. The van der Waals surface area contributed by atoms with Gasteiger partial charge < -0.3 is 15.0 Å². The summed E-state index contributed by atoms with van der Waals surface area (Å²) < 4.78 is 20.0. The Morgan fingerprint density at radius 3 is 2.42 bits per heavy atom. The Hall–Kier alpha value is -2.22. The van der Waals surface area contributed by atoms with Crippen molar-refractivity contribution in [2.45, 2.75) is 38.0 Å². The molecule has 0 fully saturated rings. The third-order valence-electron chi connectivity index (χ3n) is 5.80. The first-order chi connectivity index (χ1) is 14.8. The van der Waals surface area contributed by atoms with E-state index in [9.17, 15) is 9.00 Å². The van der Waals surface area contributed by atoms with Crippen molar-refractivity contribution < 1.29 is 13.7 Å². The lowest BCUT2D eigenvalue weighted by Crippen LogP contribution is -2.27. The van der Waals surface area contributed by atoms with Crippen LogP contribution in [0.5, 0.6) is 5.75 Å². The molecular weight excluding hydrogens is 410 g/mol. The highest BCUT2D eigenvalue weighted by molar-refractivity contribution is 7.82. The summed E-state index contributed by atoms with van der Waals surface area (Å²) in [5.41, 5.74) is 5.34. The number of aryl methyl sites for hydroxylation is 2. The van der Waals surface area contributed by atoms with E-state index in [2.05, 4.69) is 29.4 Å². The second-order valence-corrected chi connectivity index (χ2v) is 9.81. The van der Waals surface area contributed by atoms with Crippen LogP contribution in [0.15, 0.2) is 35.2 Å². The SMILES string of the molecule is COc1cc(C)c(S(=O)N(C)CCC(=O)Nc2ccc3c(c2)CCN(C)CC3)c(C)c1. The van der Waals surface area contributed by atoms with Crippen LogP contribution in [-0.2, 0) is 28.6 Å². The third-order valence-corrected chi connectivity index (χ3v) is 7.54. The summed E-state index contributed by atoms with van der Waals surface area (Å²) in [5, 5.41) is 3.00. The van der Waals surface area contributed by atoms with Gasteiger partial charge in [-0.2, -0.15) is 0 Å². The molecule has 2 aromatic rings. The van der Waals surface area contributed by atoms with E-state index in [1.165, 1.54) is 11.1 Å². The molecule has 1 unspecified atom stereocenters.